The third-order valence-corrected chi connectivity index (χ3v) is 3.72. The average molecular weight is 296 g/mol. The van der Waals surface area contributed by atoms with E-state index in [1.165, 1.54) is 12.1 Å². The summed E-state index contributed by atoms with van der Waals surface area (Å²) in [4.78, 5) is 13.6. The van der Waals surface area contributed by atoms with Gasteiger partial charge in [-0.2, -0.15) is 0 Å². The number of halogens is 1. The first-order chi connectivity index (χ1) is 10.7. The van der Waals surface area contributed by atoms with Crippen molar-refractivity contribution in [2.75, 3.05) is 16.8 Å². The van der Waals surface area contributed by atoms with E-state index in [9.17, 15) is 9.18 Å². The number of carbonyl (C=O) groups is 1. The topological polar surface area (TPSA) is 32.3 Å². The van der Waals surface area contributed by atoms with E-state index in [4.69, 9.17) is 0 Å². The summed E-state index contributed by atoms with van der Waals surface area (Å²) in [6.07, 6.45) is 2.27. The predicted octanol–water partition coefficient (Wildman–Crippen LogP) is 3.51. The smallest absolute Gasteiger partial charge is 0.228 e. The predicted molar refractivity (Wildman–Crippen MR) is 86.4 cm³/mol. The van der Waals surface area contributed by atoms with Crippen molar-refractivity contribution in [3.8, 4) is 0 Å². The first-order valence-electron chi connectivity index (χ1n) is 7.19. The van der Waals surface area contributed by atoms with Crippen LogP contribution in [0.5, 0.6) is 0 Å². The molecule has 112 valence electrons. The van der Waals surface area contributed by atoms with Crippen molar-refractivity contribution < 1.29 is 9.18 Å². The molecule has 3 nitrogen and oxygen atoms in total. The van der Waals surface area contributed by atoms with Gasteiger partial charge >= 0.3 is 0 Å². The zero-order valence-electron chi connectivity index (χ0n) is 12.2. The van der Waals surface area contributed by atoms with Crippen LogP contribution >= 0.6 is 0 Å². The van der Waals surface area contributed by atoms with Gasteiger partial charge < -0.3 is 10.2 Å². The van der Waals surface area contributed by atoms with Crippen LogP contribution in [0.3, 0.4) is 0 Å². The van der Waals surface area contributed by atoms with Gasteiger partial charge in [0.25, 0.3) is 0 Å². The van der Waals surface area contributed by atoms with Crippen molar-refractivity contribution in [1.82, 2.24) is 0 Å². The van der Waals surface area contributed by atoms with Crippen LogP contribution in [0, 0.1) is 5.82 Å². The molecule has 4 heteroatoms. The van der Waals surface area contributed by atoms with Crippen molar-refractivity contribution in [1.29, 1.82) is 0 Å². The van der Waals surface area contributed by atoms with Gasteiger partial charge in [0, 0.05) is 24.5 Å². The minimum Gasteiger partial charge on any atom is -0.363 e. The molecule has 22 heavy (non-hydrogen) atoms. The molecule has 0 spiro atoms. The zero-order chi connectivity index (χ0) is 15.5. The quantitative estimate of drug-likeness (QED) is 0.856. The van der Waals surface area contributed by atoms with Gasteiger partial charge in [-0.1, -0.05) is 24.3 Å². The third kappa shape index (κ3) is 3.01. The summed E-state index contributed by atoms with van der Waals surface area (Å²) < 4.78 is 13.0. The van der Waals surface area contributed by atoms with Gasteiger partial charge in [-0.05, 0) is 35.4 Å². The van der Waals surface area contributed by atoms with Crippen molar-refractivity contribution in [2.24, 2.45) is 0 Å². The largest absolute Gasteiger partial charge is 0.363 e. The number of hydrogen-bond acceptors (Lipinski definition) is 2. The molecule has 0 radical (unpaired) electrons. The summed E-state index contributed by atoms with van der Waals surface area (Å²) in [6, 6.07) is 12.4. The van der Waals surface area contributed by atoms with Gasteiger partial charge in [-0.15, -0.1) is 6.58 Å². The molecule has 2 aromatic carbocycles. The lowest BCUT2D eigenvalue weighted by atomic mass is 10.1. The van der Waals surface area contributed by atoms with E-state index in [1.54, 1.807) is 12.1 Å². The molecule has 1 heterocycles. The SMILES string of the molecule is C=CCN(Cc1ccc(F)cc1)c1ccc2c(c1)NC(=O)C2. The summed E-state index contributed by atoms with van der Waals surface area (Å²) in [7, 11) is 0. The van der Waals surface area contributed by atoms with Crippen LogP contribution < -0.4 is 10.2 Å². The van der Waals surface area contributed by atoms with Crippen LogP contribution in [0.4, 0.5) is 15.8 Å². The van der Waals surface area contributed by atoms with E-state index in [2.05, 4.69) is 16.8 Å². The summed E-state index contributed by atoms with van der Waals surface area (Å²) in [5.74, 6) is -0.208. The molecule has 0 aromatic heterocycles. The number of amides is 1. The second-order valence-electron chi connectivity index (χ2n) is 5.36. The molecule has 0 unspecified atom stereocenters. The lowest BCUT2D eigenvalue weighted by molar-refractivity contribution is -0.115. The summed E-state index contributed by atoms with van der Waals surface area (Å²) in [5.41, 5.74) is 3.92. The van der Waals surface area contributed by atoms with E-state index in [0.717, 1.165) is 22.5 Å². The number of benzene rings is 2. The van der Waals surface area contributed by atoms with Gasteiger partial charge in [-0.25, -0.2) is 4.39 Å². The highest BCUT2D eigenvalue weighted by atomic mass is 19.1. The Kier molecular flexibility index (Phi) is 3.92. The van der Waals surface area contributed by atoms with Gasteiger partial charge in [0.1, 0.15) is 5.82 Å². The van der Waals surface area contributed by atoms with Gasteiger partial charge in [0.05, 0.1) is 6.42 Å². The maximum absolute atomic E-state index is 13.0. The molecule has 0 atom stereocenters. The average Bonchev–Trinajstić information content (AvgIpc) is 2.88. The molecular formula is C18H17FN2O. The Morgan fingerprint density at radius 3 is 2.73 bits per heavy atom. The molecule has 0 fully saturated rings. The van der Waals surface area contributed by atoms with Gasteiger partial charge in [-0.3, -0.25) is 4.79 Å². The Bertz CT molecular complexity index is 710. The maximum atomic E-state index is 13.0. The molecule has 1 aliphatic rings. The third-order valence-electron chi connectivity index (χ3n) is 3.72. The summed E-state index contributed by atoms with van der Waals surface area (Å²) in [6.45, 7) is 5.12. The standard InChI is InChI=1S/C18H17FN2O/c1-2-9-21(12-13-3-6-15(19)7-4-13)16-8-5-14-10-18(22)20-17(14)11-16/h2-8,11H,1,9-10,12H2,(H,20,22). The number of rotatable bonds is 5. The molecule has 0 saturated heterocycles. The Hall–Kier alpha value is -2.62. The minimum absolute atomic E-state index is 0.0287. The normalized spacial score (nSPS) is 12.7. The van der Waals surface area contributed by atoms with Crippen molar-refractivity contribution >= 4 is 17.3 Å². The molecular weight excluding hydrogens is 279 g/mol. The molecule has 2 aromatic rings. The first kappa shape index (κ1) is 14.3. The molecule has 1 N–H and O–H groups in total. The van der Waals surface area contributed by atoms with Gasteiger partial charge in [0.15, 0.2) is 0 Å². The van der Waals surface area contributed by atoms with Crippen molar-refractivity contribution in [3.05, 3.63) is 72.1 Å². The fourth-order valence-electron chi connectivity index (χ4n) is 2.63. The number of nitrogens with zero attached hydrogens (tertiary/aromatic N) is 1. The Balaban J connectivity index is 1.85. The Morgan fingerprint density at radius 2 is 2.00 bits per heavy atom. The van der Waals surface area contributed by atoms with E-state index < -0.39 is 0 Å². The van der Waals surface area contributed by atoms with E-state index in [-0.39, 0.29) is 11.7 Å². The Morgan fingerprint density at radius 1 is 1.23 bits per heavy atom. The van der Waals surface area contributed by atoms with Crippen LogP contribution in [0.1, 0.15) is 11.1 Å². The number of nitrogens with one attached hydrogen (secondary N) is 1. The fourth-order valence-corrected chi connectivity index (χ4v) is 2.63. The molecule has 1 amide bonds. The molecule has 3 rings (SSSR count). The lowest BCUT2D eigenvalue weighted by Gasteiger charge is -2.24. The van der Waals surface area contributed by atoms with Crippen molar-refractivity contribution in [2.45, 2.75) is 13.0 Å². The van der Waals surface area contributed by atoms with Crippen LogP contribution in [-0.2, 0) is 17.8 Å². The monoisotopic (exact) mass is 296 g/mol. The van der Waals surface area contributed by atoms with Crippen molar-refractivity contribution in [3.63, 3.8) is 0 Å². The fraction of sp³-hybridized carbons (Fsp3) is 0.167. The van der Waals surface area contributed by atoms with Crippen LogP contribution in [0.15, 0.2) is 55.1 Å². The van der Waals surface area contributed by atoms with Crippen LogP contribution in [0.25, 0.3) is 0 Å². The Labute approximate surface area is 129 Å². The second-order valence-corrected chi connectivity index (χ2v) is 5.36. The first-order valence-corrected chi connectivity index (χ1v) is 7.19. The maximum Gasteiger partial charge on any atom is 0.228 e. The molecule has 0 aliphatic carbocycles. The second kappa shape index (κ2) is 6.02. The highest BCUT2D eigenvalue weighted by Crippen LogP contribution is 2.29. The van der Waals surface area contributed by atoms with Crippen LogP contribution in [0.2, 0.25) is 0 Å². The summed E-state index contributed by atoms with van der Waals surface area (Å²) in [5, 5.41) is 2.87. The summed E-state index contributed by atoms with van der Waals surface area (Å²) >= 11 is 0. The molecule has 0 bridgehead atoms. The number of hydrogen-bond donors (Lipinski definition) is 1. The minimum atomic E-state index is -0.237. The molecule has 1 aliphatic heterocycles. The highest BCUT2D eigenvalue weighted by Gasteiger charge is 2.18. The highest BCUT2D eigenvalue weighted by molar-refractivity contribution is 5.99. The molecule has 0 saturated carbocycles. The zero-order valence-corrected chi connectivity index (χ0v) is 12.2. The van der Waals surface area contributed by atoms with E-state index in [1.807, 2.05) is 24.3 Å². The number of anilines is 2. The van der Waals surface area contributed by atoms with Crippen LogP contribution in [-0.4, -0.2) is 12.5 Å². The van der Waals surface area contributed by atoms with Gasteiger partial charge in [0.2, 0.25) is 5.91 Å². The van der Waals surface area contributed by atoms with E-state index in [0.29, 0.717) is 19.5 Å². The van der Waals surface area contributed by atoms with E-state index >= 15 is 0 Å². The number of carbonyl (C=O) groups excluding carboxylic acids is 1. The lowest BCUT2D eigenvalue weighted by Crippen LogP contribution is -2.22. The number of fused-ring (bicyclic) bond motifs is 1.